The van der Waals surface area contributed by atoms with Gasteiger partial charge < -0.3 is 4.42 Å². The zero-order valence-corrected chi connectivity index (χ0v) is 15.5. The van der Waals surface area contributed by atoms with Gasteiger partial charge in [0.1, 0.15) is 5.76 Å². The van der Waals surface area contributed by atoms with Gasteiger partial charge in [-0.1, -0.05) is 29.8 Å². The van der Waals surface area contributed by atoms with Crippen molar-refractivity contribution in [2.75, 3.05) is 11.0 Å². The maximum Gasteiger partial charge on any atom is 0.344 e. The minimum atomic E-state index is -3.42. The van der Waals surface area contributed by atoms with E-state index in [0.717, 1.165) is 11.8 Å². The maximum atomic E-state index is 12.4. The average molecular weight is 390 g/mol. The van der Waals surface area contributed by atoms with Gasteiger partial charge in [0.15, 0.2) is 0 Å². The van der Waals surface area contributed by atoms with Crippen molar-refractivity contribution >= 4 is 38.1 Å². The van der Waals surface area contributed by atoms with Gasteiger partial charge in [-0.25, -0.2) is 13.2 Å². The second-order valence-electron chi connectivity index (χ2n) is 5.83. The van der Waals surface area contributed by atoms with Crippen LogP contribution in [0.15, 0.2) is 64.3 Å². The SMILES string of the molecule is C=CCc1c(-c2cccc(NS(C)(=O)=O)c2)oc(=O)c2ccc(Cl)cc12. The van der Waals surface area contributed by atoms with E-state index >= 15 is 0 Å². The van der Waals surface area contributed by atoms with Crippen molar-refractivity contribution in [3.63, 3.8) is 0 Å². The van der Waals surface area contributed by atoms with Crippen LogP contribution in [0, 0.1) is 0 Å². The molecule has 7 heteroatoms. The van der Waals surface area contributed by atoms with E-state index in [2.05, 4.69) is 11.3 Å². The maximum absolute atomic E-state index is 12.4. The molecule has 0 aliphatic rings. The van der Waals surface area contributed by atoms with Gasteiger partial charge in [-0.15, -0.1) is 6.58 Å². The Morgan fingerprint density at radius 2 is 1.96 bits per heavy atom. The largest absolute Gasteiger partial charge is 0.422 e. The van der Waals surface area contributed by atoms with Gasteiger partial charge in [0.25, 0.3) is 0 Å². The molecule has 1 heterocycles. The van der Waals surface area contributed by atoms with E-state index in [-0.39, 0.29) is 0 Å². The molecule has 3 aromatic rings. The molecule has 1 N–H and O–H groups in total. The zero-order valence-electron chi connectivity index (χ0n) is 14.0. The molecule has 1 aromatic heterocycles. The molecule has 0 unspecified atom stereocenters. The molecule has 0 fully saturated rings. The van der Waals surface area contributed by atoms with Crippen molar-refractivity contribution < 1.29 is 12.8 Å². The summed E-state index contributed by atoms with van der Waals surface area (Å²) in [7, 11) is -3.42. The van der Waals surface area contributed by atoms with Crippen LogP contribution in [0.4, 0.5) is 5.69 Å². The summed E-state index contributed by atoms with van der Waals surface area (Å²) in [4.78, 5) is 12.4. The third-order valence-corrected chi connectivity index (χ3v) is 4.61. The minimum Gasteiger partial charge on any atom is -0.422 e. The van der Waals surface area contributed by atoms with Crippen molar-refractivity contribution in [3.05, 3.63) is 76.1 Å². The standard InChI is InChI=1S/C19H16ClNO4S/c1-3-5-15-17-11-13(20)8-9-16(17)19(22)25-18(15)12-6-4-7-14(10-12)21-26(2,23)24/h3-4,6-11,21H,1,5H2,2H3. The van der Waals surface area contributed by atoms with E-state index in [9.17, 15) is 13.2 Å². The molecule has 0 aliphatic carbocycles. The first-order chi connectivity index (χ1) is 12.3. The number of rotatable bonds is 5. The minimum absolute atomic E-state index is 0.363. The van der Waals surface area contributed by atoms with Gasteiger partial charge in [0, 0.05) is 21.8 Å². The predicted octanol–water partition coefficient (Wildman–Crippen LogP) is 4.21. The molecular formula is C19H16ClNO4S. The molecular weight excluding hydrogens is 374 g/mol. The fourth-order valence-electron chi connectivity index (χ4n) is 2.79. The van der Waals surface area contributed by atoms with E-state index < -0.39 is 15.6 Å². The molecule has 0 saturated carbocycles. The highest BCUT2D eigenvalue weighted by Gasteiger charge is 2.16. The Balaban J connectivity index is 2.28. The van der Waals surface area contributed by atoms with Crippen molar-refractivity contribution in [1.82, 2.24) is 0 Å². The van der Waals surface area contributed by atoms with Gasteiger partial charge in [0.05, 0.1) is 11.6 Å². The summed E-state index contributed by atoms with van der Waals surface area (Å²) in [6, 6.07) is 11.6. The lowest BCUT2D eigenvalue weighted by molar-refractivity contribution is 0.530. The molecule has 5 nitrogen and oxygen atoms in total. The van der Waals surface area contributed by atoms with Crippen LogP contribution < -0.4 is 10.3 Å². The monoisotopic (exact) mass is 389 g/mol. The Kier molecular flexibility index (Phi) is 4.89. The van der Waals surface area contributed by atoms with Crippen LogP contribution in [0.5, 0.6) is 0 Å². The lowest BCUT2D eigenvalue weighted by Crippen LogP contribution is -2.09. The Morgan fingerprint density at radius 1 is 1.19 bits per heavy atom. The smallest absolute Gasteiger partial charge is 0.344 e. The number of hydrogen-bond acceptors (Lipinski definition) is 4. The lowest BCUT2D eigenvalue weighted by Gasteiger charge is -2.12. The van der Waals surface area contributed by atoms with E-state index in [1.54, 1.807) is 48.5 Å². The summed E-state index contributed by atoms with van der Waals surface area (Å²) in [5.74, 6) is 0.363. The van der Waals surface area contributed by atoms with Gasteiger partial charge in [-0.05, 0) is 42.1 Å². The van der Waals surface area contributed by atoms with Crippen LogP contribution in [0.2, 0.25) is 5.02 Å². The molecule has 2 aromatic carbocycles. The van der Waals surface area contributed by atoms with Gasteiger partial charge in [-0.3, -0.25) is 4.72 Å². The first-order valence-electron chi connectivity index (χ1n) is 7.73. The molecule has 0 amide bonds. The quantitative estimate of drug-likeness (QED) is 0.663. The fraction of sp³-hybridized carbons (Fsp3) is 0.105. The van der Waals surface area contributed by atoms with E-state index in [1.165, 1.54) is 0 Å². The first kappa shape index (κ1) is 18.2. The number of hydrogen-bond donors (Lipinski definition) is 1. The highest BCUT2D eigenvalue weighted by molar-refractivity contribution is 7.92. The highest BCUT2D eigenvalue weighted by Crippen LogP contribution is 2.31. The summed E-state index contributed by atoms with van der Waals surface area (Å²) >= 11 is 6.10. The Labute approximate surface area is 156 Å². The predicted molar refractivity (Wildman–Crippen MR) is 105 cm³/mol. The average Bonchev–Trinajstić information content (AvgIpc) is 2.56. The lowest BCUT2D eigenvalue weighted by atomic mass is 9.98. The number of anilines is 1. The summed E-state index contributed by atoms with van der Waals surface area (Å²) in [6.07, 6.45) is 3.23. The molecule has 0 atom stereocenters. The summed E-state index contributed by atoms with van der Waals surface area (Å²) in [5.41, 5.74) is 1.23. The zero-order chi connectivity index (χ0) is 18.9. The van der Waals surface area contributed by atoms with Crippen LogP contribution in [-0.4, -0.2) is 14.7 Å². The molecule has 0 bridgehead atoms. The Morgan fingerprint density at radius 3 is 2.65 bits per heavy atom. The van der Waals surface area contributed by atoms with Crippen molar-refractivity contribution in [2.45, 2.75) is 6.42 Å². The summed E-state index contributed by atoms with van der Waals surface area (Å²) in [5, 5.41) is 1.62. The normalized spacial score (nSPS) is 11.5. The number of allylic oxidation sites excluding steroid dienone is 1. The number of halogens is 1. The third-order valence-electron chi connectivity index (χ3n) is 3.77. The molecule has 3 rings (SSSR count). The Bertz CT molecular complexity index is 1170. The summed E-state index contributed by atoms with van der Waals surface area (Å²) in [6.45, 7) is 3.76. The highest BCUT2D eigenvalue weighted by atomic mass is 35.5. The number of benzene rings is 2. The van der Waals surface area contributed by atoms with Gasteiger partial charge in [-0.2, -0.15) is 0 Å². The number of sulfonamides is 1. The van der Waals surface area contributed by atoms with Gasteiger partial charge >= 0.3 is 5.63 Å². The van der Waals surface area contributed by atoms with Crippen LogP contribution in [0.1, 0.15) is 5.56 Å². The van der Waals surface area contributed by atoms with Crippen LogP contribution in [0.3, 0.4) is 0 Å². The van der Waals surface area contributed by atoms with E-state index in [1.807, 2.05) is 0 Å². The van der Waals surface area contributed by atoms with Gasteiger partial charge in [0.2, 0.25) is 10.0 Å². The molecule has 0 spiro atoms. The van der Waals surface area contributed by atoms with Crippen LogP contribution in [0.25, 0.3) is 22.1 Å². The third kappa shape index (κ3) is 3.81. The molecule has 0 saturated heterocycles. The van der Waals surface area contributed by atoms with Crippen molar-refractivity contribution in [3.8, 4) is 11.3 Å². The topological polar surface area (TPSA) is 76.4 Å². The first-order valence-corrected chi connectivity index (χ1v) is 10.00. The summed E-state index contributed by atoms with van der Waals surface area (Å²) < 4.78 is 30.9. The molecule has 134 valence electrons. The van der Waals surface area contributed by atoms with E-state index in [0.29, 0.717) is 39.2 Å². The molecule has 0 aliphatic heterocycles. The molecule has 0 radical (unpaired) electrons. The Hall–Kier alpha value is -2.57. The van der Waals surface area contributed by atoms with Crippen LogP contribution in [-0.2, 0) is 16.4 Å². The number of nitrogens with one attached hydrogen (secondary N) is 1. The van der Waals surface area contributed by atoms with E-state index in [4.69, 9.17) is 16.0 Å². The fourth-order valence-corrected chi connectivity index (χ4v) is 3.52. The second-order valence-corrected chi connectivity index (χ2v) is 8.02. The van der Waals surface area contributed by atoms with Crippen LogP contribution >= 0.6 is 11.6 Å². The van der Waals surface area contributed by atoms with Crippen molar-refractivity contribution in [1.29, 1.82) is 0 Å². The second kappa shape index (κ2) is 6.97. The van der Waals surface area contributed by atoms with Crippen molar-refractivity contribution in [2.24, 2.45) is 0 Å². The number of fused-ring (bicyclic) bond motifs is 1. The molecule has 26 heavy (non-hydrogen) atoms.